The van der Waals surface area contributed by atoms with Crippen molar-refractivity contribution in [2.24, 2.45) is 0 Å². The molecule has 0 unspecified atom stereocenters. The molecule has 2 heteroatoms. The van der Waals surface area contributed by atoms with Gasteiger partial charge in [-0.15, -0.1) is 0 Å². The summed E-state index contributed by atoms with van der Waals surface area (Å²) in [5.41, 5.74) is 7.11. The molecule has 0 aliphatic heterocycles. The summed E-state index contributed by atoms with van der Waals surface area (Å²) in [4.78, 5) is 0. The molecule has 218 valence electrons. The fourth-order valence-electron chi connectivity index (χ4n) is 6.80. The van der Waals surface area contributed by atoms with E-state index in [2.05, 4.69) is 115 Å². The van der Waals surface area contributed by atoms with Crippen molar-refractivity contribution in [2.45, 2.75) is 0 Å². The van der Waals surface area contributed by atoms with Gasteiger partial charge in [0.25, 0.3) is 0 Å². The Morgan fingerprint density at radius 3 is 1.15 bits per heavy atom. The van der Waals surface area contributed by atoms with E-state index in [0.29, 0.717) is 0 Å². The van der Waals surface area contributed by atoms with Gasteiger partial charge >= 0.3 is 0 Å². The normalized spacial score (nSPS) is 11.6. The van der Waals surface area contributed by atoms with Gasteiger partial charge in [0.15, 0.2) is 7.14 Å². The van der Waals surface area contributed by atoms with Gasteiger partial charge in [-0.1, -0.05) is 182 Å². The van der Waals surface area contributed by atoms with Crippen molar-refractivity contribution in [1.82, 2.24) is 0 Å². The van der Waals surface area contributed by atoms with Crippen LogP contribution in [0.25, 0.3) is 54.9 Å². The maximum atomic E-state index is 14.9. The molecule has 0 aliphatic rings. The Morgan fingerprint density at radius 1 is 0.283 bits per heavy atom. The average molecular weight is 607 g/mol. The second-order valence-corrected chi connectivity index (χ2v) is 14.4. The Labute approximate surface area is 269 Å². The highest BCUT2D eigenvalue weighted by molar-refractivity contribution is 7.85. The third-order valence-electron chi connectivity index (χ3n) is 8.95. The van der Waals surface area contributed by atoms with Gasteiger partial charge in [0.1, 0.15) is 0 Å². The quantitative estimate of drug-likeness (QED) is 0.136. The molecule has 0 fully saturated rings. The van der Waals surface area contributed by atoms with E-state index in [1.807, 2.05) is 72.8 Å². The standard InChI is InChI=1S/C44H31OP/c45-46(36-19-6-2-7-20-36,37-21-8-3-9-22-37)38-29-27-32(28-30-38)34-17-14-18-35(31-34)44-41-25-12-10-23-39(41)43(33-15-4-1-5-16-33)40-24-11-13-26-42(40)44/h1-31H. The van der Waals surface area contributed by atoms with Crippen LogP contribution in [0.4, 0.5) is 0 Å². The monoisotopic (exact) mass is 606 g/mol. The Bertz CT molecular complexity index is 2260. The maximum absolute atomic E-state index is 14.9. The van der Waals surface area contributed by atoms with Crippen LogP contribution in [0.15, 0.2) is 188 Å². The summed E-state index contributed by atoms with van der Waals surface area (Å²) < 4.78 is 14.9. The predicted octanol–water partition coefficient (Wildman–Crippen LogP) is 10.6. The highest BCUT2D eigenvalue weighted by atomic mass is 31.2. The summed E-state index contributed by atoms with van der Waals surface area (Å²) in [7, 11) is -3.03. The topological polar surface area (TPSA) is 17.1 Å². The molecule has 0 aliphatic carbocycles. The van der Waals surface area contributed by atoms with Crippen molar-refractivity contribution < 1.29 is 4.57 Å². The van der Waals surface area contributed by atoms with Crippen molar-refractivity contribution >= 4 is 44.6 Å². The van der Waals surface area contributed by atoms with Gasteiger partial charge in [0.05, 0.1) is 0 Å². The SMILES string of the molecule is O=P(c1ccccc1)(c1ccccc1)c1ccc(-c2cccc(-c3c4ccccc4c(-c4ccccc4)c4ccccc34)c2)cc1. The first-order valence-electron chi connectivity index (χ1n) is 15.6. The van der Waals surface area contributed by atoms with E-state index >= 15 is 0 Å². The molecular formula is C44H31OP. The Kier molecular flexibility index (Phi) is 7.18. The van der Waals surface area contributed by atoms with Gasteiger partial charge in [-0.2, -0.15) is 0 Å². The number of hydrogen-bond donors (Lipinski definition) is 0. The predicted molar refractivity (Wildman–Crippen MR) is 197 cm³/mol. The second-order valence-electron chi connectivity index (χ2n) is 11.6. The molecule has 8 rings (SSSR count). The highest BCUT2D eigenvalue weighted by Crippen LogP contribution is 2.45. The molecular weight excluding hydrogens is 575 g/mol. The summed E-state index contributed by atoms with van der Waals surface area (Å²) in [5, 5.41) is 7.48. The van der Waals surface area contributed by atoms with Crippen LogP contribution >= 0.6 is 7.14 Å². The largest absolute Gasteiger partial charge is 0.309 e. The average Bonchev–Trinajstić information content (AvgIpc) is 3.14. The fourth-order valence-corrected chi connectivity index (χ4v) is 9.44. The summed E-state index contributed by atoms with van der Waals surface area (Å²) in [5.74, 6) is 0. The molecule has 46 heavy (non-hydrogen) atoms. The lowest BCUT2D eigenvalue weighted by atomic mass is 9.85. The third kappa shape index (κ3) is 4.78. The van der Waals surface area contributed by atoms with Crippen LogP contribution in [0, 0.1) is 0 Å². The van der Waals surface area contributed by atoms with E-state index in [9.17, 15) is 4.57 Å². The maximum Gasteiger partial charge on any atom is 0.171 e. The lowest BCUT2D eigenvalue weighted by Gasteiger charge is -2.20. The van der Waals surface area contributed by atoms with Crippen molar-refractivity contribution in [3.05, 3.63) is 188 Å². The van der Waals surface area contributed by atoms with Crippen LogP contribution in [-0.2, 0) is 4.57 Å². The minimum atomic E-state index is -3.03. The van der Waals surface area contributed by atoms with E-state index in [-0.39, 0.29) is 0 Å². The summed E-state index contributed by atoms with van der Waals surface area (Å²) >= 11 is 0. The molecule has 0 amide bonds. The van der Waals surface area contributed by atoms with Crippen LogP contribution in [0.3, 0.4) is 0 Å². The van der Waals surface area contributed by atoms with Crippen LogP contribution < -0.4 is 15.9 Å². The molecule has 0 bridgehead atoms. The van der Waals surface area contributed by atoms with Gasteiger partial charge < -0.3 is 4.57 Å². The second kappa shape index (κ2) is 11.8. The molecule has 8 aromatic carbocycles. The first-order chi connectivity index (χ1) is 22.7. The smallest absolute Gasteiger partial charge is 0.171 e. The Balaban J connectivity index is 1.26. The van der Waals surface area contributed by atoms with E-state index in [1.165, 1.54) is 43.8 Å². The molecule has 0 aromatic heterocycles. The van der Waals surface area contributed by atoms with Crippen molar-refractivity contribution in [1.29, 1.82) is 0 Å². The summed E-state index contributed by atoms with van der Waals surface area (Å²) in [6, 6.07) is 65.0. The molecule has 0 heterocycles. The summed E-state index contributed by atoms with van der Waals surface area (Å²) in [6.07, 6.45) is 0. The first-order valence-corrected chi connectivity index (χ1v) is 17.3. The van der Waals surface area contributed by atoms with Crippen LogP contribution in [0.2, 0.25) is 0 Å². The van der Waals surface area contributed by atoms with Crippen molar-refractivity contribution in [3.63, 3.8) is 0 Å². The van der Waals surface area contributed by atoms with E-state index in [1.54, 1.807) is 0 Å². The number of rotatable bonds is 6. The molecule has 0 N–H and O–H groups in total. The molecule has 0 saturated heterocycles. The lowest BCUT2D eigenvalue weighted by Crippen LogP contribution is -2.24. The van der Waals surface area contributed by atoms with Crippen LogP contribution in [0.5, 0.6) is 0 Å². The number of hydrogen-bond acceptors (Lipinski definition) is 1. The molecule has 0 radical (unpaired) electrons. The van der Waals surface area contributed by atoms with Gasteiger partial charge in [-0.25, -0.2) is 0 Å². The first kappa shape index (κ1) is 28.0. The Hall–Kier alpha value is -5.49. The van der Waals surface area contributed by atoms with Gasteiger partial charge in [-0.05, 0) is 61.0 Å². The zero-order valence-corrected chi connectivity index (χ0v) is 26.1. The van der Waals surface area contributed by atoms with Crippen LogP contribution in [-0.4, -0.2) is 0 Å². The number of fused-ring (bicyclic) bond motifs is 2. The van der Waals surface area contributed by atoms with E-state index < -0.39 is 7.14 Å². The minimum Gasteiger partial charge on any atom is -0.309 e. The van der Waals surface area contributed by atoms with Crippen LogP contribution in [0.1, 0.15) is 0 Å². The van der Waals surface area contributed by atoms with E-state index in [4.69, 9.17) is 0 Å². The lowest BCUT2D eigenvalue weighted by molar-refractivity contribution is 0.592. The third-order valence-corrected chi connectivity index (χ3v) is 12.0. The minimum absolute atomic E-state index is 0.832. The van der Waals surface area contributed by atoms with Gasteiger partial charge in [0.2, 0.25) is 0 Å². The fraction of sp³-hybridized carbons (Fsp3) is 0. The summed E-state index contributed by atoms with van der Waals surface area (Å²) in [6.45, 7) is 0. The van der Waals surface area contributed by atoms with Gasteiger partial charge in [-0.3, -0.25) is 0 Å². The molecule has 1 nitrogen and oxygen atoms in total. The molecule has 0 spiro atoms. The highest BCUT2D eigenvalue weighted by Gasteiger charge is 2.29. The van der Waals surface area contributed by atoms with E-state index in [0.717, 1.165) is 27.0 Å². The Morgan fingerprint density at radius 2 is 0.652 bits per heavy atom. The number of benzene rings is 8. The van der Waals surface area contributed by atoms with Gasteiger partial charge in [0, 0.05) is 15.9 Å². The van der Waals surface area contributed by atoms with Crippen molar-refractivity contribution in [2.75, 3.05) is 0 Å². The zero-order valence-electron chi connectivity index (χ0n) is 25.3. The zero-order chi connectivity index (χ0) is 30.9. The van der Waals surface area contributed by atoms with Crippen molar-refractivity contribution in [3.8, 4) is 33.4 Å². The molecule has 0 saturated carbocycles. The molecule has 8 aromatic rings. The molecule has 0 atom stereocenters.